The SMILES string of the molecule is O=C(O[C@H]1[C@@H](CCl)NC(=O)[C@]1(Cl)CCO)c1ccccc1. The van der Waals surface area contributed by atoms with Crippen molar-refractivity contribution in [3.05, 3.63) is 35.9 Å². The summed E-state index contributed by atoms with van der Waals surface area (Å²) in [4.78, 5) is 22.6. The topological polar surface area (TPSA) is 75.6 Å². The fourth-order valence-electron chi connectivity index (χ4n) is 2.28. The number of rotatable bonds is 5. The molecule has 1 aliphatic heterocycles. The maximum atomic E-state index is 12.1. The third kappa shape index (κ3) is 3.15. The predicted octanol–water partition coefficient (Wildman–Crippen LogP) is 1.31. The van der Waals surface area contributed by atoms with E-state index in [0.29, 0.717) is 5.56 Å². The Hall–Kier alpha value is -1.30. The lowest BCUT2D eigenvalue weighted by atomic mass is 9.97. The van der Waals surface area contributed by atoms with Crippen LogP contribution in [-0.2, 0) is 9.53 Å². The first-order valence-electron chi connectivity index (χ1n) is 6.45. The number of hydrogen-bond donors (Lipinski definition) is 2. The van der Waals surface area contributed by atoms with Crippen LogP contribution >= 0.6 is 23.2 Å². The van der Waals surface area contributed by atoms with Crippen molar-refractivity contribution in [2.45, 2.75) is 23.4 Å². The van der Waals surface area contributed by atoms with Gasteiger partial charge in [-0.2, -0.15) is 0 Å². The summed E-state index contributed by atoms with van der Waals surface area (Å²) in [6, 6.07) is 7.80. The Bertz CT molecular complexity index is 525. The lowest BCUT2D eigenvalue weighted by Crippen LogP contribution is -2.45. The summed E-state index contributed by atoms with van der Waals surface area (Å²) < 4.78 is 5.39. The number of esters is 1. The van der Waals surface area contributed by atoms with Gasteiger partial charge in [0, 0.05) is 18.9 Å². The number of benzene rings is 1. The summed E-state index contributed by atoms with van der Waals surface area (Å²) in [5, 5.41) is 11.7. The molecule has 1 aromatic carbocycles. The summed E-state index contributed by atoms with van der Waals surface area (Å²) in [5.74, 6) is -1.02. The van der Waals surface area contributed by atoms with E-state index in [-0.39, 0.29) is 18.9 Å². The number of amides is 1. The third-order valence-electron chi connectivity index (χ3n) is 3.40. The second-order valence-electron chi connectivity index (χ2n) is 4.76. The van der Waals surface area contributed by atoms with E-state index in [4.69, 9.17) is 33.0 Å². The van der Waals surface area contributed by atoms with Crippen LogP contribution in [0.1, 0.15) is 16.8 Å². The molecule has 1 aliphatic rings. The number of hydrogen-bond acceptors (Lipinski definition) is 4. The van der Waals surface area contributed by atoms with E-state index in [0.717, 1.165) is 0 Å². The van der Waals surface area contributed by atoms with Gasteiger partial charge in [-0.3, -0.25) is 4.79 Å². The van der Waals surface area contributed by atoms with Crippen LogP contribution in [0.5, 0.6) is 0 Å². The van der Waals surface area contributed by atoms with Gasteiger partial charge in [0.25, 0.3) is 0 Å². The maximum absolute atomic E-state index is 12.1. The van der Waals surface area contributed by atoms with E-state index in [1.807, 2.05) is 0 Å². The minimum atomic E-state index is -1.50. The number of carbonyl (C=O) groups excluding carboxylic acids is 2. The average Bonchev–Trinajstić information content (AvgIpc) is 2.73. The highest BCUT2D eigenvalue weighted by Crippen LogP contribution is 2.35. The van der Waals surface area contributed by atoms with E-state index in [1.165, 1.54) is 0 Å². The zero-order valence-electron chi connectivity index (χ0n) is 11.1. The second-order valence-corrected chi connectivity index (χ2v) is 5.75. The highest BCUT2D eigenvalue weighted by molar-refractivity contribution is 6.36. The molecule has 0 bridgehead atoms. The van der Waals surface area contributed by atoms with Gasteiger partial charge in [-0.15, -0.1) is 23.2 Å². The van der Waals surface area contributed by atoms with Crippen molar-refractivity contribution in [2.24, 2.45) is 0 Å². The Labute approximate surface area is 132 Å². The van der Waals surface area contributed by atoms with Crippen molar-refractivity contribution < 1.29 is 19.4 Å². The van der Waals surface area contributed by atoms with Crippen molar-refractivity contribution in [3.63, 3.8) is 0 Å². The van der Waals surface area contributed by atoms with E-state index < -0.39 is 28.9 Å². The summed E-state index contributed by atoms with van der Waals surface area (Å²) in [7, 11) is 0. The smallest absolute Gasteiger partial charge is 0.338 e. The summed E-state index contributed by atoms with van der Waals surface area (Å²) in [6.45, 7) is -0.300. The van der Waals surface area contributed by atoms with Gasteiger partial charge in [0.15, 0.2) is 11.0 Å². The standard InChI is InChI=1S/C14H15Cl2NO4/c15-8-10-11(14(16,6-7-18)13(20)17-10)21-12(19)9-4-2-1-3-5-9/h1-5,10-11,18H,6-8H2,(H,17,20)/t10-,11+,14+/m1/s1. The molecule has 7 heteroatoms. The molecule has 0 spiro atoms. The van der Waals surface area contributed by atoms with Gasteiger partial charge in [-0.1, -0.05) is 18.2 Å². The molecule has 0 saturated carbocycles. The van der Waals surface area contributed by atoms with Crippen LogP contribution in [0.15, 0.2) is 30.3 Å². The van der Waals surface area contributed by atoms with Crippen molar-refractivity contribution in [2.75, 3.05) is 12.5 Å². The first-order chi connectivity index (χ1) is 10.0. The zero-order valence-corrected chi connectivity index (χ0v) is 12.6. The molecule has 2 N–H and O–H groups in total. The van der Waals surface area contributed by atoms with Crippen LogP contribution in [0, 0.1) is 0 Å². The minimum absolute atomic E-state index is 0.0273. The molecule has 3 atom stereocenters. The van der Waals surface area contributed by atoms with Gasteiger partial charge in [0.2, 0.25) is 5.91 Å². The van der Waals surface area contributed by atoms with Crippen LogP contribution in [-0.4, -0.2) is 46.5 Å². The minimum Gasteiger partial charge on any atom is -0.454 e. The van der Waals surface area contributed by atoms with Crippen molar-refractivity contribution in [1.29, 1.82) is 0 Å². The van der Waals surface area contributed by atoms with Gasteiger partial charge in [-0.05, 0) is 12.1 Å². The maximum Gasteiger partial charge on any atom is 0.338 e. The molecule has 1 saturated heterocycles. The van der Waals surface area contributed by atoms with Crippen molar-refractivity contribution in [1.82, 2.24) is 5.32 Å². The van der Waals surface area contributed by atoms with Crippen molar-refractivity contribution >= 4 is 35.1 Å². The normalized spacial score (nSPS) is 28.2. The largest absolute Gasteiger partial charge is 0.454 e. The van der Waals surface area contributed by atoms with E-state index in [1.54, 1.807) is 30.3 Å². The first kappa shape index (κ1) is 16.1. The van der Waals surface area contributed by atoms with Gasteiger partial charge in [0.05, 0.1) is 11.6 Å². The van der Waals surface area contributed by atoms with Crippen LogP contribution < -0.4 is 5.32 Å². The average molecular weight is 332 g/mol. The lowest BCUT2D eigenvalue weighted by Gasteiger charge is -2.27. The van der Waals surface area contributed by atoms with Crippen molar-refractivity contribution in [3.8, 4) is 0 Å². The second kappa shape index (κ2) is 6.64. The molecular weight excluding hydrogens is 317 g/mol. The van der Waals surface area contributed by atoms with Crippen LogP contribution in [0.2, 0.25) is 0 Å². The van der Waals surface area contributed by atoms with Crippen LogP contribution in [0.25, 0.3) is 0 Å². The fourth-order valence-corrected chi connectivity index (χ4v) is 2.86. The Kier molecular flexibility index (Phi) is 5.08. The van der Waals surface area contributed by atoms with E-state index in [2.05, 4.69) is 5.32 Å². The molecule has 21 heavy (non-hydrogen) atoms. The van der Waals surface area contributed by atoms with E-state index in [9.17, 15) is 9.59 Å². The fraction of sp³-hybridized carbons (Fsp3) is 0.429. The Morgan fingerprint density at radius 2 is 2.05 bits per heavy atom. The number of nitrogens with one attached hydrogen (secondary N) is 1. The summed E-state index contributed by atoms with van der Waals surface area (Å²) in [5.41, 5.74) is 0.355. The molecule has 114 valence electrons. The van der Waals surface area contributed by atoms with Crippen LogP contribution in [0.4, 0.5) is 0 Å². The molecule has 2 rings (SSSR count). The highest BCUT2D eigenvalue weighted by atomic mass is 35.5. The molecule has 5 nitrogen and oxygen atoms in total. The molecule has 0 radical (unpaired) electrons. The number of carbonyl (C=O) groups is 2. The van der Waals surface area contributed by atoms with Crippen LogP contribution in [0.3, 0.4) is 0 Å². The summed E-state index contributed by atoms with van der Waals surface area (Å²) in [6.07, 6.45) is -0.968. The Balaban J connectivity index is 2.22. The highest BCUT2D eigenvalue weighted by Gasteiger charge is 2.56. The van der Waals surface area contributed by atoms with E-state index >= 15 is 0 Å². The molecule has 1 aromatic rings. The van der Waals surface area contributed by atoms with Gasteiger partial charge >= 0.3 is 5.97 Å². The third-order valence-corrected chi connectivity index (χ3v) is 4.30. The number of aliphatic hydroxyl groups excluding tert-OH is 1. The molecule has 0 aliphatic carbocycles. The monoisotopic (exact) mass is 331 g/mol. The predicted molar refractivity (Wildman–Crippen MR) is 78.6 cm³/mol. The van der Waals surface area contributed by atoms with Gasteiger partial charge in [-0.25, -0.2) is 4.79 Å². The number of halogens is 2. The number of alkyl halides is 2. The molecular formula is C14H15Cl2NO4. The number of aliphatic hydroxyl groups is 1. The molecule has 1 amide bonds. The Morgan fingerprint density at radius 1 is 1.38 bits per heavy atom. The molecule has 0 aromatic heterocycles. The molecule has 0 unspecified atom stereocenters. The molecule has 1 fully saturated rings. The summed E-state index contributed by atoms with van der Waals surface area (Å²) >= 11 is 12.1. The lowest BCUT2D eigenvalue weighted by molar-refractivity contribution is -0.122. The number of ether oxygens (including phenoxy) is 1. The zero-order chi connectivity index (χ0) is 15.5. The van der Waals surface area contributed by atoms with Gasteiger partial charge < -0.3 is 15.2 Å². The molecule has 1 heterocycles. The first-order valence-corrected chi connectivity index (χ1v) is 7.37. The van der Waals surface area contributed by atoms with Gasteiger partial charge in [0.1, 0.15) is 0 Å². The quantitative estimate of drug-likeness (QED) is 0.630. The Morgan fingerprint density at radius 3 is 2.62 bits per heavy atom.